The summed E-state index contributed by atoms with van der Waals surface area (Å²) in [7, 11) is 1.62. The van der Waals surface area contributed by atoms with Crippen LogP contribution in [0.2, 0.25) is 0 Å². The van der Waals surface area contributed by atoms with Crippen LogP contribution in [0.25, 0.3) is 0 Å². The Labute approximate surface area is 137 Å². The minimum Gasteiger partial charge on any atom is -0.497 e. The molecular formula is C17H25N3O3. The summed E-state index contributed by atoms with van der Waals surface area (Å²) in [6.45, 7) is 6.91. The van der Waals surface area contributed by atoms with E-state index in [9.17, 15) is 4.79 Å². The number of morpholine rings is 1. The second kappa shape index (κ2) is 7.77. The first-order valence-corrected chi connectivity index (χ1v) is 8.24. The molecule has 3 rings (SSSR count). The summed E-state index contributed by atoms with van der Waals surface area (Å²) in [5.74, 6) is 0.801. The van der Waals surface area contributed by atoms with Crippen LogP contribution >= 0.6 is 0 Å². The van der Waals surface area contributed by atoms with Gasteiger partial charge in [0.25, 0.3) is 5.91 Å². The maximum Gasteiger partial charge on any atom is 0.254 e. The molecule has 0 bridgehead atoms. The third kappa shape index (κ3) is 4.22. The first kappa shape index (κ1) is 16.2. The Hall–Kier alpha value is -1.63. The van der Waals surface area contributed by atoms with Crippen molar-refractivity contribution in [1.82, 2.24) is 15.1 Å². The molecule has 1 amide bonds. The number of nitrogens with zero attached hydrogens (tertiary/aromatic N) is 2. The van der Waals surface area contributed by atoms with Gasteiger partial charge in [-0.1, -0.05) is 6.07 Å². The number of ether oxygens (including phenoxy) is 2. The molecule has 2 fully saturated rings. The highest BCUT2D eigenvalue weighted by molar-refractivity contribution is 5.94. The lowest BCUT2D eigenvalue weighted by Gasteiger charge is -2.37. The van der Waals surface area contributed by atoms with Gasteiger partial charge in [0.1, 0.15) is 5.75 Å². The molecule has 23 heavy (non-hydrogen) atoms. The maximum atomic E-state index is 12.6. The van der Waals surface area contributed by atoms with Crippen molar-refractivity contribution in [2.45, 2.75) is 6.10 Å². The van der Waals surface area contributed by atoms with Crippen LogP contribution in [0.4, 0.5) is 0 Å². The molecule has 1 N–H and O–H groups in total. The third-order valence-electron chi connectivity index (χ3n) is 4.44. The second-order valence-electron chi connectivity index (χ2n) is 6.02. The molecule has 1 aromatic rings. The van der Waals surface area contributed by atoms with E-state index in [0.717, 1.165) is 58.2 Å². The number of methoxy groups -OCH3 is 1. The van der Waals surface area contributed by atoms with Gasteiger partial charge in [0.05, 0.1) is 19.8 Å². The zero-order valence-electron chi connectivity index (χ0n) is 13.7. The highest BCUT2D eigenvalue weighted by Crippen LogP contribution is 2.15. The van der Waals surface area contributed by atoms with Crippen molar-refractivity contribution in [1.29, 1.82) is 0 Å². The highest BCUT2D eigenvalue weighted by Gasteiger charge is 2.24. The van der Waals surface area contributed by atoms with Crippen molar-refractivity contribution in [3.8, 4) is 5.75 Å². The van der Waals surface area contributed by atoms with Crippen molar-refractivity contribution in [2.75, 3.05) is 59.5 Å². The van der Waals surface area contributed by atoms with E-state index < -0.39 is 0 Å². The van der Waals surface area contributed by atoms with Crippen LogP contribution in [-0.2, 0) is 4.74 Å². The minimum atomic E-state index is 0.0825. The maximum absolute atomic E-state index is 12.6. The van der Waals surface area contributed by atoms with Crippen LogP contribution < -0.4 is 10.1 Å². The molecule has 2 heterocycles. The number of benzene rings is 1. The second-order valence-corrected chi connectivity index (χ2v) is 6.02. The molecule has 6 heteroatoms. The van der Waals surface area contributed by atoms with Gasteiger partial charge in [-0.25, -0.2) is 0 Å². The number of rotatable bonds is 4. The topological polar surface area (TPSA) is 54.0 Å². The van der Waals surface area contributed by atoms with Crippen LogP contribution in [0.5, 0.6) is 5.75 Å². The fraction of sp³-hybridized carbons (Fsp3) is 0.588. The third-order valence-corrected chi connectivity index (χ3v) is 4.44. The molecule has 0 saturated carbocycles. The van der Waals surface area contributed by atoms with E-state index in [4.69, 9.17) is 9.47 Å². The molecule has 0 aliphatic carbocycles. The van der Waals surface area contributed by atoms with Gasteiger partial charge in [0, 0.05) is 51.4 Å². The summed E-state index contributed by atoms with van der Waals surface area (Å²) in [4.78, 5) is 16.9. The van der Waals surface area contributed by atoms with E-state index in [1.807, 2.05) is 23.1 Å². The summed E-state index contributed by atoms with van der Waals surface area (Å²) < 4.78 is 10.9. The Balaban J connectivity index is 1.50. The van der Waals surface area contributed by atoms with Gasteiger partial charge in [0.2, 0.25) is 0 Å². The summed E-state index contributed by atoms with van der Waals surface area (Å²) in [6, 6.07) is 7.36. The highest BCUT2D eigenvalue weighted by atomic mass is 16.5. The Morgan fingerprint density at radius 1 is 1.35 bits per heavy atom. The fourth-order valence-electron chi connectivity index (χ4n) is 3.10. The van der Waals surface area contributed by atoms with E-state index in [1.165, 1.54) is 0 Å². The molecule has 0 spiro atoms. The molecule has 0 radical (unpaired) electrons. The minimum absolute atomic E-state index is 0.0825. The van der Waals surface area contributed by atoms with Crippen LogP contribution in [0.1, 0.15) is 10.4 Å². The molecule has 6 nitrogen and oxygen atoms in total. The van der Waals surface area contributed by atoms with E-state index in [2.05, 4.69) is 10.2 Å². The quantitative estimate of drug-likeness (QED) is 0.873. The van der Waals surface area contributed by atoms with Gasteiger partial charge in [-0.15, -0.1) is 0 Å². The summed E-state index contributed by atoms with van der Waals surface area (Å²) in [6.07, 6.45) is 0.268. The monoisotopic (exact) mass is 319 g/mol. The van der Waals surface area contributed by atoms with E-state index in [1.54, 1.807) is 13.2 Å². The van der Waals surface area contributed by atoms with E-state index >= 15 is 0 Å². The van der Waals surface area contributed by atoms with Crippen LogP contribution in [-0.4, -0.2) is 81.3 Å². The predicted octanol–water partition coefficient (Wildman–Crippen LogP) is 0.441. The standard InChI is InChI=1S/C17H25N3O3/c1-22-15-4-2-3-14(11-15)17(21)20-8-6-19(7-9-20)13-16-12-18-5-10-23-16/h2-4,11,16,18H,5-10,12-13H2,1H3. The molecule has 2 saturated heterocycles. The van der Waals surface area contributed by atoms with Crippen molar-refractivity contribution < 1.29 is 14.3 Å². The van der Waals surface area contributed by atoms with Crippen LogP contribution in [0.3, 0.4) is 0 Å². The predicted molar refractivity (Wildman–Crippen MR) is 87.9 cm³/mol. The van der Waals surface area contributed by atoms with Gasteiger partial charge in [-0.3, -0.25) is 9.69 Å². The van der Waals surface area contributed by atoms with Gasteiger partial charge in [-0.05, 0) is 18.2 Å². The largest absolute Gasteiger partial charge is 0.497 e. The molecule has 2 aliphatic heterocycles. The van der Waals surface area contributed by atoms with Crippen molar-refractivity contribution in [2.24, 2.45) is 0 Å². The molecule has 1 unspecified atom stereocenters. The summed E-state index contributed by atoms with van der Waals surface area (Å²) in [5, 5.41) is 3.36. The Kier molecular flexibility index (Phi) is 5.48. The van der Waals surface area contributed by atoms with Crippen LogP contribution in [0.15, 0.2) is 24.3 Å². The fourth-order valence-corrected chi connectivity index (χ4v) is 3.10. The Bertz CT molecular complexity index is 524. The first-order chi connectivity index (χ1) is 11.3. The van der Waals surface area contributed by atoms with Crippen molar-refractivity contribution in [3.63, 3.8) is 0 Å². The van der Waals surface area contributed by atoms with E-state index in [-0.39, 0.29) is 12.0 Å². The zero-order valence-corrected chi connectivity index (χ0v) is 13.7. The summed E-state index contributed by atoms with van der Waals surface area (Å²) >= 11 is 0. The van der Waals surface area contributed by atoms with Gasteiger partial charge >= 0.3 is 0 Å². The number of carbonyl (C=O) groups is 1. The Morgan fingerprint density at radius 3 is 2.87 bits per heavy atom. The number of nitrogens with one attached hydrogen (secondary N) is 1. The van der Waals surface area contributed by atoms with Gasteiger partial charge < -0.3 is 19.7 Å². The average Bonchev–Trinajstić information content (AvgIpc) is 2.63. The molecular weight excluding hydrogens is 294 g/mol. The molecule has 1 atom stereocenters. The normalized spacial score (nSPS) is 22.8. The number of carbonyl (C=O) groups excluding carboxylic acids is 1. The number of hydrogen-bond donors (Lipinski definition) is 1. The molecule has 0 aromatic heterocycles. The van der Waals surface area contributed by atoms with Crippen molar-refractivity contribution >= 4 is 5.91 Å². The van der Waals surface area contributed by atoms with Gasteiger partial charge in [-0.2, -0.15) is 0 Å². The molecule has 1 aromatic carbocycles. The SMILES string of the molecule is COc1cccc(C(=O)N2CCN(CC3CNCCO3)CC2)c1. The first-order valence-electron chi connectivity index (χ1n) is 8.24. The molecule has 126 valence electrons. The average molecular weight is 319 g/mol. The lowest BCUT2D eigenvalue weighted by molar-refractivity contribution is -0.00305. The molecule has 2 aliphatic rings. The van der Waals surface area contributed by atoms with Crippen LogP contribution in [0, 0.1) is 0 Å². The Morgan fingerprint density at radius 2 is 2.17 bits per heavy atom. The summed E-state index contributed by atoms with van der Waals surface area (Å²) in [5.41, 5.74) is 0.692. The zero-order chi connectivity index (χ0) is 16.1. The lowest BCUT2D eigenvalue weighted by Crippen LogP contribution is -2.52. The number of piperazine rings is 1. The lowest BCUT2D eigenvalue weighted by atomic mass is 10.1. The van der Waals surface area contributed by atoms with Crippen molar-refractivity contribution in [3.05, 3.63) is 29.8 Å². The van der Waals surface area contributed by atoms with Gasteiger partial charge in [0.15, 0.2) is 0 Å². The van der Waals surface area contributed by atoms with E-state index in [0.29, 0.717) is 5.56 Å². The number of amides is 1. The number of hydrogen-bond acceptors (Lipinski definition) is 5. The smallest absolute Gasteiger partial charge is 0.254 e.